The molecule has 3 aromatic rings. The van der Waals surface area contributed by atoms with E-state index in [4.69, 9.17) is 4.98 Å². The van der Waals surface area contributed by atoms with Crippen LogP contribution in [0, 0.1) is 0 Å². The van der Waals surface area contributed by atoms with Crippen molar-refractivity contribution in [2.45, 2.75) is 25.8 Å². The molecule has 1 aromatic heterocycles. The number of aromatic nitrogens is 2. The predicted molar refractivity (Wildman–Crippen MR) is 115 cm³/mol. The van der Waals surface area contributed by atoms with Crippen LogP contribution in [0.5, 0.6) is 0 Å². The number of nitrogens with one attached hydrogen (secondary N) is 1. The van der Waals surface area contributed by atoms with E-state index in [9.17, 15) is 9.59 Å². The first-order chi connectivity index (χ1) is 14.0. The first-order valence-corrected chi connectivity index (χ1v) is 9.98. The fourth-order valence-electron chi connectivity index (χ4n) is 3.26. The summed E-state index contributed by atoms with van der Waals surface area (Å²) in [5, 5.41) is 2.92. The van der Waals surface area contributed by atoms with Gasteiger partial charge in [-0.1, -0.05) is 42.5 Å². The number of ketones is 1. The lowest BCUT2D eigenvalue weighted by Crippen LogP contribution is -2.27. The first kappa shape index (κ1) is 20.7. The number of fused-ring (bicyclic) bond motifs is 1. The van der Waals surface area contributed by atoms with Gasteiger partial charge in [-0.2, -0.15) is 0 Å². The molecule has 0 aliphatic rings. The molecule has 29 heavy (non-hydrogen) atoms. The topological polar surface area (TPSA) is 67.2 Å². The maximum absolute atomic E-state index is 12.1. The Labute approximate surface area is 171 Å². The molecule has 0 unspecified atom stereocenters. The van der Waals surface area contributed by atoms with Crippen molar-refractivity contribution in [3.63, 3.8) is 0 Å². The molecule has 6 nitrogen and oxygen atoms in total. The second-order valence-corrected chi connectivity index (χ2v) is 7.36. The number of benzene rings is 2. The summed E-state index contributed by atoms with van der Waals surface area (Å²) in [4.78, 5) is 31.1. The number of imidazole rings is 1. The van der Waals surface area contributed by atoms with E-state index >= 15 is 0 Å². The SMILES string of the molecule is CN(C)CCn1c(CCNC(=O)CCC(=O)c2ccccc2)nc2ccccc21. The van der Waals surface area contributed by atoms with Gasteiger partial charge in [0.2, 0.25) is 5.91 Å². The van der Waals surface area contributed by atoms with E-state index in [-0.39, 0.29) is 24.5 Å². The van der Waals surface area contributed by atoms with Gasteiger partial charge in [0.25, 0.3) is 0 Å². The number of carbonyl (C=O) groups excluding carboxylic acids is 2. The van der Waals surface area contributed by atoms with Crippen molar-refractivity contribution in [3.05, 3.63) is 66.0 Å². The molecule has 0 radical (unpaired) electrons. The highest BCUT2D eigenvalue weighted by molar-refractivity contribution is 5.97. The molecule has 2 aromatic carbocycles. The number of rotatable bonds is 10. The monoisotopic (exact) mass is 392 g/mol. The maximum Gasteiger partial charge on any atom is 0.220 e. The van der Waals surface area contributed by atoms with Gasteiger partial charge in [-0.15, -0.1) is 0 Å². The predicted octanol–water partition coefficient (Wildman–Crippen LogP) is 2.92. The van der Waals surface area contributed by atoms with E-state index in [1.54, 1.807) is 12.1 Å². The Morgan fingerprint density at radius 1 is 1.00 bits per heavy atom. The maximum atomic E-state index is 12.1. The van der Waals surface area contributed by atoms with Gasteiger partial charge in [0.05, 0.1) is 11.0 Å². The van der Waals surface area contributed by atoms with Crippen LogP contribution in [0.25, 0.3) is 11.0 Å². The zero-order valence-corrected chi connectivity index (χ0v) is 17.1. The highest BCUT2D eigenvalue weighted by Crippen LogP contribution is 2.16. The third kappa shape index (κ3) is 5.74. The van der Waals surface area contributed by atoms with Crippen molar-refractivity contribution >= 4 is 22.7 Å². The van der Waals surface area contributed by atoms with Crippen molar-refractivity contribution in [2.75, 3.05) is 27.2 Å². The molecule has 0 aliphatic heterocycles. The highest BCUT2D eigenvalue weighted by Gasteiger charge is 2.12. The van der Waals surface area contributed by atoms with Gasteiger partial charge in [-0.05, 0) is 26.2 Å². The Balaban J connectivity index is 1.53. The van der Waals surface area contributed by atoms with Crippen LogP contribution in [0.2, 0.25) is 0 Å². The third-order valence-corrected chi connectivity index (χ3v) is 4.85. The summed E-state index contributed by atoms with van der Waals surface area (Å²) in [6.07, 6.45) is 1.07. The largest absolute Gasteiger partial charge is 0.356 e. The van der Waals surface area contributed by atoms with Crippen LogP contribution in [0.4, 0.5) is 0 Å². The van der Waals surface area contributed by atoms with E-state index in [1.807, 2.05) is 36.4 Å². The molecule has 1 heterocycles. The Bertz CT molecular complexity index is 963. The average Bonchev–Trinajstić information content (AvgIpc) is 3.08. The van der Waals surface area contributed by atoms with Crippen molar-refractivity contribution in [1.29, 1.82) is 0 Å². The second kappa shape index (κ2) is 9.98. The third-order valence-electron chi connectivity index (χ3n) is 4.85. The number of Topliss-reactive ketones (excluding diaryl/α,β-unsaturated/α-hetero) is 1. The number of hydrogen-bond donors (Lipinski definition) is 1. The fourth-order valence-corrected chi connectivity index (χ4v) is 3.26. The number of para-hydroxylation sites is 2. The summed E-state index contributed by atoms with van der Waals surface area (Å²) in [6, 6.07) is 17.2. The zero-order chi connectivity index (χ0) is 20.6. The molecule has 6 heteroatoms. The Hall–Kier alpha value is -2.99. The van der Waals surface area contributed by atoms with Gasteiger partial charge in [0.15, 0.2) is 5.78 Å². The summed E-state index contributed by atoms with van der Waals surface area (Å²) in [6.45, 7) is 2.27. The lowest BCUT2D eigenvalue weighted by molar-refractivity contribution is -0.121. The standard InChI is InChI=1S/C23H28N4O2/c1-26(2)16-17-27-20-11-7-6-10-19(20)25-22(27)14-15-24-23(29)13-12-21(28)18-8-4-3-5-9-18/h3-11H,12-17H2,1-2H3,(H,24,29). The van der Waals surface area contributed by atoms with E-state index in [2.05, 4.69) is 34.9 Å². The van der Waals surface area contributed by atoms with Gasteiger partial charge in [0.1, 0.15) is 5.82 Å². The van der Waals surface area contributed by atoms with Gasteiger partial charge >= 0.3 is 0 Å². The van der Waals surface area contributed by atoms with Gasteiger partial charge < -0.3 is 14.8 Å². The number of nitrogens with zero attached hydrogens (tertiary/aromatic N) is 3. The highest BCUT2D eigenvalue weighted by atomic mass is 16.2. The van der Waals surface area contributed by atoms with Crippen LogP contribution >= 0.6 is 0 Å². The Morgan fingerprint density at radius 2 is 1.72 bits per heavy atom. The van der Waals surface area contributed by atoms with Crippen LogP contribution in [-0.4, -0.2) is 53.3 Å². The number of carbonyl (C=O) groups is 2. The van der Waals surface area contributed by atoms with Crippen molar-refractivity contribution < 1.29 is 9.59 Å². The number of hydrogen-bond acceptors (Lipinski definition) is 4. The van der Waals surface area contributed by atoms with Crippen LogP contribution < -0.4 is 5.32 Å². The van der Waals surface area contributed by atoms with E-state index < -0.39 is 0 Å². The molecule has 0 aliphatic carbocycles. The Kier molecular flexibility index (Phi) is 7.14. The minimum atomic E-state index is -0.106. The molecular formula is C23H28N4O2. The molecule has 0 saturated heterocycles. The van der Waals surface area contributed by atoms with Crippen LogP contribution in [0.3, 0.4) is 0 Å². The summed E-state index contributed by atoms with van der Waals surface area (Å²) >= 11 is 0. The molecule has 3 rings (SSSR count). The molecule has 0 saturated carbocycles. The van der Waals surface area contributed by atoms with E-state index in [0.29, 0.717) is 18.5 Å². The van der Waals surface area contributed by atoms with Crippen LogP contribution in [-0.2, 0) is 17.8 Å². The van der Waals surface area contributed by atoms with E-state index in [1.165, 1.54) is 0 Å². The number of amides is 1. The Morgan fingerprint density at radius 3 is 2.48 bits per heavy atom. The minimum absolute atomic E-state index is 0.00812. The van der Waals surface area contributed by atoms with Crippen molar-refractivity contribution in [1.82, 2.24) is 19.8 Å². The van der Waals surface area contributed by atoms with Crippen LogP contribution in [0.15, 0.2) is 54.6 Å². The lowest BCUT2D eigenvalue weighted by atomic mass is 10.1. The van der Waals surface area contributed by atoms with Crippen molar-refractivity contribution in [2.24, 2.45) is 0 Å². The molecule has 1 amide bonds. The lowest BCUT2D eigenvalue weighted by Gasteiger charge is -2.13. The first-order valence-electron chi connectivity index (χ1n) is 9.98. The summed E-state index contributed by atoms with van der Waals surface area (Å²) < 4.78 is 2.22. The molecule has 0 spiro atoms. The summed E-state index contributed by atoms with van der Waals surface area (Å²) in [7, 11) is 4.10. The average molecular weight is 393 g/mol. The second-order valence-electron chi connectivity index (χ2n) is 7.36. The summed E-state index contributed by atoms with van der Waals surface area (Å²) in [5.74, 6) is 0.852. The number of likely N-dealkylation sites (N-methyl/N-ethyl adjacent to an activating group) is 1. The summed E-state index contributed by atoms with van der Waals surface area (Å²) in [5.41, 5.74) is 2.74. The van der Waals surface area contributed by atoms with Gasteiger partial charge in [-0.25, -0.2) is 4.98 Å². The van der Waals surface area contributed by atoms with Gasteiger partial charge in [0, 0.05) is 44.5 Å². The van der Waals surface area contributed by atoms with Crippen molar-refractivity contribution in [3.8, 4) is 0 Å². The molecule has 0 bridgehead atoms. The quantitative estimate of drug-likeness (QED) is 0.539. The van der Waals surface area contributed by atoms with E-state index in [0.717, 1.165) is 29.9 Å². The smallest absolute Gasteiger partial charge is 0.220 e. The van der Waals surface area contributed by atoms with Crippen LogP contribution in [0.1, 0.15) is 29.0 Å². The van der Waals surface area contributed by atoms with Gasteiger partial charge in [-0.3, -0.25) is 9.59 Å². The zero-order valence-electron chi connectivity index (χ0n) is 17.1. The molecular weight excluding hydrogens is 364 g/mol. The normalized spacial score (nSPS) is 11.1. The molecule has 0 fully saturated rings. The molecule has 1 N–H and O–H groups in total. The molecule has 152 valence electrons. The molecule has 0 atom stereocenters. The fraction of sp³-hybridized carbons (Fsp3) is 0.348. The minimum Gasteiger partial charge on any atom is -0.356 e.